The summed E-state index contributed by atoms with van der Waals surface area (Å²) in [5.74, 6) is -0.522. The standard InChI is InChI=1S/C19H16N2O5/c1-25-19(24)14-6-2-3-7-15(14)20-18(23)16-10-9-13(26-16)12-21-11-5-4-8-17(21)22/h2-11H,12H2,1H3,(H,20,23). The molecule has 0 aliphatic carbocycles. The van der Waals surface area contributed by atoms with E-state index < -0.39 is 11.9 Å². The van der Waals surface area contributed by atoms with Gasteiger partial charge in [0.25, 0.3) is 11.5 Å². The number of ether oxygens (including phenoxy) is 1. The van der Waals surface area contributed by atoms with E-state index in [0.717, 1.165) is 0 Å². The quantitative estimate of drug-likeness (QED) is 0.713. The fourth-order valence-electron chi connectivity index (χ4n) is 2.41. The molecule has 0 unspecified atom stereocenters. The van der Waals surface area contributed by atoms with Gasteiger partial charge < -0.3 is 19.0 Å². The first-order chi connectivity index (χ1) is 12.6. The number of hydrogen-bond acceptors (Lipinski definition) is 5. The molecule has 0 fully saturated rings. The number of carbonyl (C=O) groups excluding carboxylic acids is 2. The second kappa shape index (κ2) is 7.52. The molecule has 1 aromatic carbocycles. The fourth-order valence-corrected chi connectivity index (χ4v) is 2.41. The number of amides is 1. The summed E-state index contributed by atoms with van der Waals surface area (Å²) in [4.78, 5) is 35.9. The summed E-state index contributed by atoms with van der Waals surface area (Å²) >= 11 is 0. The molecule has 2 heterocycles. The van der Waals surface area contributed by atoms with Crippen LogP contribution in [-0.2, 0) is 11.3 Å². The van der Waals surface area contributed by atoms with Gasteiger partial charge in [-0.3, -0.25) is 9.59 Å². The highest BCUT2D eigenvalue weighted by molar-refractivity contribution is 6.06. The largest absolute Gasteiger partial charge is 0.465 e. The molecule has 0 aliphatic rings. The molecule has 0 atom stereocenters. The summed E-state index contributed by atoms with van der Waals surface area (Å²) in [7, 11) is 1.27. The number of aromatic nitrogens is 1. The maximum atomic E-state index is 12.4. The van der Waals surface area contributed by atoms with Gasteiger partial charge in [0.2, 0.25) is 0 Å². The molecule has 2 aromatic heterocycles. The summed E-state index contributed by atoms with van der Waals surface area (Å²) in [6, 6.07) is 14.5. The van der Waals surface area contributed by atoms with Crippen molar-refractivity contribution in [2.24, 2.45) is 0 Å². The molecular formula is C19H16N2O5. The number of carbonyl (C=O) groups is 2. The molecule has 3 aromatic rings. The maximum Gasteiger partial charge on any atom is 0.339 e. The SMILES string of the molecule is COC(=O)c1ccccc1NC(=O)c1ccc(Cn2ccccc2=O)o1. The van der Waals surface area contributed by atoms with Crippen LogP contribution in [0, 0.1) is 0 Å². The summed E-state index contributed by atoms with van der Waals surface area (Å²) in [6.07, 6.45) is 1.64. The van der Waals surface area contributed by atoms with Crippen molar-refractivity contribution in [3.05, 3.63) is 88.2 Å². The fraction of sp³-hybridized carbons (Fsp3) is 0.105. The zero-order valence-corrected chi connectivity index (χ0v) is 14.0. The first kappa shape index (κ1) is 17.2. The number of nitrogens with zero attached hydrogens (tertiary/aromatic N) is 1. The first-order valence-electron chi connectivity index (χ1n) is 7.81. The van der Waals surface area contributed by atoms with E-state index in [1.165, 1.54) is 23.8 Å². The molecule has 0 radical (unpaired) electrons. The molecule has 3 rings (SSSR count). The van der Waals surface area contributed by atoms with Gasteiger partial charge >= 0.3 is 5.97 Å². The van der Waals surface area contributed by atoms with Gasteiger partial charge in [0, 0.05) is 12.3 Å². The Hall–Kier alpha value is -3.61. The third-order valence-electron chi connectivity index (χ3n) is 3.69. The molecule has 1 N–H and O–H groups in total. The third kappa shape index (κ3) is 3.72. The number of furan rings is 1. The van der Waals surface area contributed by atoms with Crippen molar-refractivity contribution >= 4 is 17.6 Å². The van der Waals surface area contributed by atoms with Crippen molar-refractivity contribution in [2.75, 3.05) is 12.4 Å². The first-order valence-corrected chi connectivity index (χ1v) is 7.81. The molecule has 0 aliphatic heterocycles. The summed E-state index contributed by atoms with van der Waals surface area (Å²) < 4.78 is 11.7. The van der Waals surface area contributed by atoms with E-state index in [-0.39, 0.29) is 23.4 Å². The number of methoxy groups -OCH3 is 1. The number of nitrogens with one attached hydrogen (secondary N) is 1. The lowest BCUT2D eigenvalue weighted by atomic mass is 10.2. The Labute approximate surface area is 148 Å². The number of pyridine rings is 1. The van der Waals surface area contributed by atoms with E-state index in [1.54, 1.807) is 48.7 Å². The van der Waals surface area contributed by atoms with Crippen LogP contribution in [0.25, 0.3) is 0 Å². The second-order valence-electron chi connectivity index (χ2n) is 5.42. The average Bonchev–Trinajstić information content (AvgIpc) is 3.12. The minimum atomic E-state index is -0.551. The number of esters is 1. The molecule has 132 valence electrons. The van der Waals surface area contributed by atoms with Crippen LogP contribution in [0.1, 0.15) is 26.7 Å². The molecule has 7 nitrogen and oxygen atoms in total. The van der Waals surface area contributed by atoms with Gasteiger partial charge in [0.15, 0.2) is 5.76 Å². The average molecular weight is 352 g/mol. The van der Waals surface area contributed by atoms with E-state index in [9.17, 15) is 14.4 Å². The van der Waals surface area contributed by atoms with Crippen molar-refractivity contribution in [2.45, 2.75) is 6.54 Å². The van der Waals surface area contributed by atoms with Gasteiger partial charge in [-0.2, -0.15) is 0 Å². The van der Waals surface area contributed by atoms with Crippen molar-refractivity contribution in [3.63, 3.8) is 0 Å². The van der Waals surface area contributed by atoms with E-state index in [0.29, 0.717) is 11.4 Å². The highest BCUT2D eigenvalue weighted by Crippen LogP contribution is 2.18. The molecule has 26 heavy (non-hydrogen) atoms. The predicted molar refractivity (Wildman–Crippen MR) is 94.2 cm³/mol. The van der Waals surface area contributed by atoms with Crippen molar-refractivity contribution in [1.29, 1.82) is 0 Å². The van der Waals surface area contributed by atoms with Crippen LogP contribution in [-0.4, -0.2) is 23.6 Å². The molecule has 0 bridgehead atoms. The van der Waals surface area contributed by atoms with Crippen molar-refractivity contribution < 1.29 is 18.7 Å². The van der Waals surface area contributed by atoms with Gasteiger partial charge in [-0.25, -0.2) is 4.79 Å². The molecule has 0 saturated heterocycles. The monoisotopic (exact) mass is 352 g/mol. The highest BCUT2D eigenvalue weighted by atomic mass is 16.5. The Bertz CT molecular complexity index is 1000. The van der Waals surface area contributed by atoms with Crippen molar-refractivity contribution in [1.82, 2.24) is 4.57 Å². The maximum absolute atomic E-state index is 12.4. The molecular weight excluding hydrogens is 336 g/mol. The van der Waals surface area contributed by atoms with Gasteiger partial charge in [-0.15, -0.1) is 0 Å². The van der Waals surface area contributed by atoms with Crippen LogP contribution in [0.3, 0.4) is 0 Å². The van der Waals surface area contributed by atoms with E-state index in [2.05, 4.69) is 5.32 Å². The lowest BCUT2D eigenvalue weighted by Crippen LogP contribution is -2.18. The summed E-state index contributed by atoms with van der Waals surface area (Å²) in [6.45, 7) is 0.214. The Morgan fingerprint density at radius 3 is 2.62 bits per heavy atom. The van der Waals surface area contributed by atoms with Crippen LogP contribution in [0.2, 0.25) is 0 Å². The zero-order chi connectivity index (χ0) is 18.5. The Morgan fingerprint density at radius 2 is 1.85 bits per heavy atom. The summed E-state index contributed by atoms with van der Waals surface area (Å²) in [5, 5.41) is 2.63. The Morgan fingerprint density at radius 1 is 1.08 bits per heavy atom. The van der Waals surface area contributed by atoms with E-state index in [1.807, 2.05) is 0 Å². The molecule has 1 amide bonds. The topological polar surface area (TPSA) is 90.5 Å². The Balaban J connectivity index is 1.76. The smallest absolute Gasteiger partial charge is 0.339 e. The number of hydrogen-bond donors (Lipinski definition) is 1. The Kier molecular flexibility index (Phi) is 4.98. The minimum absolute atomic E-state index is 0.0728. The van der Waals surface area contributed by atoms with Crippen LogP contribution in [0.15, 0.2) is 70.0 Å². The predicted octanol–water partition coefficient (Wildman–Crippen LogP) is 2.53. The van der Waals surface area contributed by atoms with E-state index in [4.69, 9.17) is 9.15 Å². The lowest BCUT2D eigenvalue weighted by Gasteiger charge is -2.08. The van der Waals surface area contributed by atoms with Crippen LogP contribution in [0.4, 0.5) is 5.69 Å². The molecule has 7 heteroatoms. The molecule has 0 saturated carbocycles. The number of rotatable bonds is 5. The van der Waals surface area contributed by atoms with Crippen molar-refractivity contribution in [3.8, 4) is 0 Å². The molecule has 0 spiro atoms. The second-order valence-corrected chi connectivity index (χ2v) is 5.42. The zero-order valence-electron chi connectivity index (χ0n) is 14.0. The number of benzene rings is 1. The third-order valence-corrected chi connectivity index (χ3v) is 3.69. The van der Waals surface area contributed by atoms with Crippen LogP contribution >= 0.6 is 0 Å². The van der Waals surface area contributed by atoms with Crippen LogP contribution < -0.4 is 10.9 Å². The number of para-hydroxylation sites is 1. The highest BCUT2D eigenvalue weighted by Gasteiger charge is 2.16. The van der Waals surface area contributed by atoms with Gasteiger partial charge in [-0.05, 0) is 30.3 Å². The lowest BCUT2D eigenvalue weighted by molar-refractivity contribution is 0.0602. The van der Waals surface area contributed by atoms with Gasteiger partial charge in [0.05, 0.1) is 24.9 Å². The van der Waals surface area contributed by atoms with Gasteiger partial charge in [0.1, 0.15) is 5.76 Å². The summed E-state index contributed by atoms with van der Waals surface area (Å²) in [5.41, 5.74) is 0.398. The van der Waals surface area contributed by atoms with E-state index >= 15 is 0 Å². The normalized spacial score (nSPS) is 10.3. The minimum Gasteiger partial charge on any atom is -0.465 e. The van der Waals surface area contributed by atoms with Gasteiger partial charge in [-0.1, -0.05) is 18.2 Å². The number of anilines is 1. The van der Waals surface area contributed by atoms with Crippen LogP contribution in [0.5, 0.6) is 0 Å².